The number of carbonyl (C=O) groups excluding carboxylic acids is 1. The van der Waals surface area contributed by atoms with Crippen LogP contribution in [0.1, 0.15) is 52.4 Å². The van der Waals surface area contributed by atoms with Crippen LogP contribution < -0.4 is 11.1 Å². The third-order valence-electron chi connectivity index (χ3n) is 4.87. The van der Waals surface area contributed by atoms with Crippen LogP contribution in [0.3, 0.4) is 0 Å². The van der Waals surface area contributed by atoms with Crippen LogP contribution in [-0.4, -0.2) is 42.0 Å². The van der Waals surface area contributed by atoms with Crippen molar-refractivity contribution in [1.82, 2.24) is 10.2 Å². The molecule has 1 amide bonds. The lowest BCUT2D eigenvalue weighted by molar-refractivity contribution is -0.124. The average Bonchev–Trinajstić information content (AvgIpc) is 3.06. The number of nitrogens with two attached hydrogens (primary N) is 1. The molecule has 0 bridgehead atoms. The Hall–Kier alpha value is -0.610. The van der Waals surface area contributed by atoms with Crippen LogP contribution in [0.25, 0.3) is 0 Å². The maximum absolute atomic E-state index is 11.8. The highest BCUT2D eigenvalue weighted by Gasteiger charge is 2.38. The third kappa shape index (κ3) is 3.93. The van der Waals surface area contributed by atoms with E-state index in [4.69, 9.17) is 5.73 Å². The monoisotopic (exact) mass is 267 g/mol. The summed E-state index contributed by atoms with van der Waals surface area (Å²) in [6.45, 7) is 5.31. The Morgan fingerprint density at radius 2 is 2.05 bits per heavy atom. The first kappa shape index (κ1) is 14.8. The first-order valence-corrected chi connectivity index (χ1v) is 7.68. The summed E-state index contributed by atoms with van der Waals surface area (Å²) >= 11 is 0. The lowest BCUT2D eigenvalue weighted by atomic mass is 9.84. The summed E-state index contributed by atoms with van der Waals surface area (Å²) in [6, 6.07) is 0.881. The molecule has 2 saturated carbocycles. The highest BCUT2D eigenvalue weighted by atomic mass is 16.1. The van der Waals surface area contributed by atoms with Gasteiger partial charge in [-0.05, 0) is 58.9 Å². The Balaban J connectivity index is 1.85. The van der Waals surface area contributed by atoms with Gasteiger partial charge in [-0.3, -0.25) is 4.79 Å². The molecule has 0 heterocycles. The highest BCUT2D eigenvalue weighted by Crippen LogP contribution is 2.29. The standard InChI is InChI=1S/C15H29N3O/c1-11(18(3)10-12-5-4-6-12)9-15(2,14(16)19)17-13-7-8-13/h11-13,17H,4-10H2,1-3H3,(H2,16,19). The fourth-order valence-corrected chi connectivity index (χ4v) is 2.92. The predicted molar refractivity (Wildman–Crippen MR) is 77.8 cm³/mol. The molecule has 110 valence electrons. The van der Waals surface area contributed by atoms with Crippen molar-refractivity contribution in [3.63, 3.8) is 0 Å². The minimum atomic E-state index is -0.561. The molecule has 2 aliphatic carbocycles. The van der Waals surface area contributed by atoms with Gasteiger partial charge in [-0.25, -0.2) is 0 Å². The van der Waals surface area contributed by atoms with E-state index in [0.717, 1.165) is 18.9 Å². The number of carbonyl (C=O) groups is 1. The van der Waals surface area contributed by atoms with E-state index >= 15 is 0 Å². The Bertz CT molecular complexity index is 325. The van der Waals surface area contributed by atoms with Crippen molar-refractivity contribution in [2.45, 2.75) is 70.0 Å². The summed E-state index contributed by atoms with van der Waals surface area (Å²) in [4.78, 5) is 14.2. The summed E-state index contributed by atoms with van der Waals surface area (Å²) in [5.41, 5.74) is 5.05. The number of amides is 1. The lowest BCUT2D eigenvalue weighted by Crippen LogP contribution is -2.57. The molecule has 19 heavy (non-hydrogen) atoms. The number of hydrogen-bond donors (Lipinski definition) is 2. The third-order valence-corrected chi connectivity index (χ3v) is 4.87. The number of nitrogens with zero attached hydrogens (tertiary/aromatic N) is 1. The number of primary amides is 1. The number of nitrogens with one attached hydrogen (secondary N) is 1. The SMILES string of the molecule is CC(CC(C)(NC1CC1)C(N)=O)N(C)CC1CCC1. The maximum Gasteiger partial charge on any atom is 0.237 e. The molecule has 4 heteroatoms. The summed E-state index contributed by atoms with van der Waals surface area (Å²) in [5, 5.41) is 3.43. The van der Waals surface area contributed by atoms with Crippen molar-refractivity contribution in [2.75, 3.05) is 13.6 Å². The smallest absolute Gasteiger partial charge is 0.237 e. The molecular weight excluding hydrogens is 238 g/mol. The van der Waals surface area contributed by atoms with E-state index in [1.165, 1.54) is 32.1 Å². The van der Waals surface area contributed by atoms with Gasteiger partial charge in [0.15, 0.2) is 0 Å². The zero-order chi connectivity index (χ0) is 14.0. The van der Waals surface area contributed by atoms with Crippen LogP contribution in [0.4, 0.5) is 0 Å². The van der Waals surface area contributed by atoms with Crippen LogP contribution >= 0.6 is 0 Å². The fraction of sp³-hybridized carbons (Fsp3) is 0.933. The van der Waals surface area contributed by atoms with Gasteiger partial charge < -0.3 is 16.0 Å². The first-order chi connectivity index (χ1) is 8.90. The van der Waals surface area contributed by atoms with Crippen LogP contribution in [0.15, 0.2) is 0 Å². The van der Waals surface area contributed by atoms with E-state index in [0.29, 0.717) is 12.1 Å². The second-order valence-electron chi connectivity index (χ2n) is 6.90. The molecule has 4 nitrogen and oxygen atoms in total. The minimum absolute atomic E-state index is 0.219. The molecule has 0 aromatic heterocycles. The van der Waals surface area contributed by atoms with Crippen molar-refractivity contribution in [3.8, 4) is 0 Å². The van der Waals surface area contributed by atoms with E-state index in [2.05, 4.69) is 24.2 Å². The van der Waals surface area contributed by atoms with Crippen molar-refractivity contribution in [3.05, 3.63) is 0 Å². The molecule has 0 aromatic rings. The van der Waals surface area contributed by atoms with Crippen molar-refractivity contribution in [2.24, 2.45) is 11.7 Å². The Labute approximate surface area is 117 Å². The van der Waals surface area contributed by atoms with Crippen LogP contribution in [0.5, 0.6) is 0 Å². The molecule has 0 aliphatic heterocycles. The Morgan fingerprint density at radius 3 is 2.47 bits per heavy atom. The van der Waals surface area contributed by atoms with E-state index in [1.54, 1.807) is 0 Å². The van der Waals surface area contributed by atoms with Gasteiger partial charge in [0.25, 0.3) is 0 Å². The lowest BCUT2D eigenvalue weighted by Gasteiger charge is -2.37. The van der Waals surface area contributed by atoms with Gasteiger partial charge in [0.2, 0.25) is 5.91 Å². The quantitative estimate of drug-likeness (QED) is 0.700. The molecular formula is C15H29N3O. The van der Waals surface area contributed by atoms with Gasteiger partial charge in [0.05, 0.1) is 5.54 Å². The summed E-state index contributed by atoms with van der Waals surface area (Å²) in [7, 11) is 2.17. The summed E-state index contributed by atoms with van der Waals surface area (Å²) in [6.07, 6.45) is 7.26. The summed E-state index contributed by atoms with van der Waals surface area (Å²) < 4.78 is 0. The van der Waals surface area contributed by atoms with Crippen LogP contribution in [-0.2, 0) is 4.79 Å². The molecule has 2 atom stereocenters. The molecule has 3 N–H and O–H groups in total. The van der Waals surface area contributed by atoms with Gasteiger partial charge in [-0.1, -0.05) is 6.42 Å². The maximum atomic E-state index is 11.8. The second-order valence-corrected chi connectivity index (χ2v) is 6.90. The molecule has 0 radical (unpaired) electrons. The second kappa shape index (κ2) is 5.80. The van der Waals surface area contributed by atoms with Gasteiger partial charge in [0.1, 0.15) is 0 Å². The molecule has 0 aromatic carbocycles. The van der Waals surface area contributed by atoms with E-state index in [1.807, 2.05) is 6.92 Å². The first-order valence-electron chi connectivity index (χ1n) is 7.68. The van der Waals surface area contributed by atoms with E-state index in [-0.39, 0.29) is 5.91 Å². The average molecular weight is 267 g/mol. The van der Waals surface area contributed by atoms with E-state index < -0.39 is 5.54 Å². The predicted octanol–water partition coefficient (Wildman–Crippen LogP) is 1.49. The number of rotatable bonds is 8. The molecule has 2 unspecified atom stereocenters. The normalized spacial score (nSPS) is 24.8. The van der Waals surface area contributed by atoms with E-state index in [9.17, 15) is 4.79 Å². The van der Waals surface area contributed by atoms with Crippen molar-refractivity contribution < 1.29 is 4.79 Å². The fourth-order valence-electron chi connectivity index (χ4n) is 2.92. The van der Waals surface area contributed by atoms with Gasteiger partial charge in [-0.2, -0.15) is 0 Å². The van der Waals surface area contributed by atoms with Crippen molar-refractivity contribution in [1.29, 1.82) is 0 Å². The van der Waals surface area contributed by atoms with Gasteiger partial charge in [-0.15, -0.1) is 0 Å². The van der Waals surface area contributed by atoms with Crippen molar-refractivity contribution >= 4 is 5.91 Å². The topological polar surface area (TPSA) is 58.4 Å². The highest BCUT2D eigenvalue weighted by molar-refractivity contribution is 5.84. The Kier molecular flexibility index (Phi) is 4.51. The Morgan fingerprint density at radius 1 is 1.42 bits per heavy atom. The molecule has 0 saturated heterocycles. The van der Waals surface area contributed by atoms with Crippen LogP contribution in [0, 0.1) is 5.92 Å². The summed E-state index contributed by atoms with van der Waals surface area (Å²) in [5.74, 6) is 0.645. The molecule has 2 fully saturated rings. The van der Waals surface area contributed by atoms with Gasteiger partial charge in [0, 0.05) is 18.6 Å². The number of hydrogen-bond acceptors (Lipinski definition) is 3. The minimum Gasteiger partial charge on any atom is -0.368 e. The van der Waals surface area contributed by atoms with Gasteiger partial charge >= 0.3 is 0 Å². The molecule has 2 rings (SSSR count). The zero-order valence-corrected chi connectivity index (χ0v) is 12.6. The van der Waals surface area contributed by atoms with Crippen LogP contribution in [0.2, 0.25) is 0 Å². The molecule has 2 aliphatic rings. The largest absolute Gasteiger partial charge is 0.368 e. The zero-order valence-electron chi connectivity index (χ0n) is 12.6. The molecule has 0 spiro atoms.